The predicted octanol–water partition coefficient (Wildman–Crippen LogP) is 1.28. The molecule has 1 saturated heterocycles. The summed E-state index contributed by atoms with van der Waals surface area (Å²) in [5.41, 5.74) is 2.46. The first-order chi connectivity index (χ1) is 9.11. The first kappa shape index (κ1) is 14.5. The van der Waals surface area contributed by atoms with Crippen molar-refractivity contribution < 1.29 is 4.79 Å². The van der Waals surface area contributed by atoms with E-state index in [0.717, 1.165) is 24.1 Å². The Morgan fingerprint density at radius 1 is 1.58 bits per heavy atom. The molecule has 0 spiro atoms. The van der Waals surface area contributed by atoms with Crippen LogP contribution >= 0.6 is 15.9 Å². The summed E-state index contributed by atoms with van der Waals surface area (Å²) in [4.78, 5) is 14.1. The summed E-state index contributed by atoms with van der Waals surface area (Å²) in [6.45, 7) is 5.39. The van der Waals surface area contributed by atoms with Crippen LogP contribution in [0.3, 0.4) is 0 Å². The lowest BCUT2D eigenvalue weighted by atomic mass is 10.1. The number of rotatable bonds is 3. The minimum absolute atomic E-state index is 0.0791. The molecule has 1 fully saturated rings. The van der Waals surface area contributed by atoms with E-state index in [4.69, 9.17) is 0 Å². The van der Waals surface area contributed by atoms with E-state index in [9.17, 15) is 4.79 Å². The summed E-state index contributed by atoms with van der Waals surface area (Å²) in [5.74, 6) is 0.0791. The van der Waals surface area contributed by atoms with Crippen molar-refractivity contribution in [2.24, 2.45) is 0 Å². The van der Waals surface area contributed by atoms with Crippen LogP contribution in [-0.2, 0) is 11.3 Å². The van der Waals surface area contributed by atoms with E-state index >= 15 is 0 Å². The van der Waals surface area contributed by atoms with Crippen LogP contribution in [0.15, 0.2) is 22.7 Å². The van der Waals surface area contributed by atoms with Gasteiger partial charge >= 0.3 is 0 Å². The van der Waals surface area contributed by atoms with Gasteiger partial charge in [0.25, 0.3) is 0 Å². The highest BCUT2D eigenvalue weighted by Gasteiger charge is 2.28. The van der Waals surface area contributed by atoms with Crippen molar-refractivity contribution in [3.63, 3.8) is 0 Å². The SMILES string of the molecule is CNC(=O)C1CNCCN1Cc1ccc(C)cc1Br. The number of nitrogens with zero attached hydrogens (tertiary/aromatic N) is 1. The fraction of sp³-hybridized carbons (Fsp3) is 0.500. The molecule has 19 heavy (non-hydrogen) atoms. The Labute approximate surface area is 122 Å². The molecule has 104 valence electrons. The molecule has 1 aliphatic heterocycles. The highest BCUT2D eigenvalue weighted by Crippen LogP contribution is 2.21. The fourth-order valence-electron chi connectivity index (χ4n) is 2.36. The van der Waals surface area contributed by atoms with Crippen molar-refractivity contribution in [3.05, 3.63) is 33.8 Å². The maximum absolute atomic E-state index is 11.9. The van der Waals surface area contributed by atoms with Gasteiger partial charge in [0.15, 0.2) is 0 Å². The van der Waals surface area contributed by atoms with Crippen molar-refractivity contribution in [1.29, 1.82) is 0 Å². The number of benzene rings is 1. The summed E-state index contributed by atoms with van der Waals surface area (Å²) < 4.78 is 1.11. The van der Waals surface area contributed by atoms with Gasteiger partial charge in [0.2, 0.25) is 5.91 Å². The molecule has 1 aromatic rings. The average molecular weight is 326 g/mol. The molecule has 0 bridgehead atoms. The summed E-state index contributed by atoms with van der Waals surface area (Å²) in [5, 5.41) is 6.02. The van der Waals surface area contributed by atoms with Gasteiger partial charge in [0.05, 0.1) is 0 Å². The largest absolute Gasteiger partial charge is 0.358 e. The van der Waals surface area contributed by atoms with Gasteiger partial charge in [-0.25, -0.2) is 0 Å². The second-order valence-corrected chi connectivity index (χ2v) is 5.75. The zero-order valence-corrected chi connectivity index (χ0v) is 13.0. The maximum Gasteiger partial charge on any atom is 0.238 e. The van der Waals surface area contributed by atoms with Crippen LogP contribution in [0.5, 0.6) is 0 Å². The Morgan fingerprint density at radius 2 is 2.37 bits per heavy atom. The number of halogens is 1. The monoisotopic (exact) mass is 325 g/mol. The minimum atomic E-state index is -0.0908. The van der Waals surface area contributed by atoms with E-state index in [1.165, 1.54) is 11.1 Å². The first-order valence-corrected chi connectivity index (χ1v) is 7.32. The highest BCUT2D eigenvalue weighted by atomic mass is 79.9. The summed E-state index contributed by atoms with van der Waals surface area (Å²) in [6, 6.07) is 6.26. The third-order valence-corrected chi connectivity index (χ3v) is 4.22. The number of hydrogen-bond acceptors (Lipinski definition) is 3. The van der Waals surface area contributed by atoms with Crippen LogP contribution in [0.1, 0.15) is 11.1 Å². The van der Waals surface area contributed by atoms with Gasteiger partial charge in [-0.3, -0.25) is 9.69 Å². The standard InChI is InChI=1S/C14H20BrN3O/c1-10-3-4-11(12(15)7-10)9-18-6-5-17-8-13(18)14(19)16-2/h3-4,7,13,17H,5-6,8-9H2,1-2H3,(H,16,19). The smallest absolute Gasteiger partial charge is 0.238 e. The van der Waals surface area contributed by atoms with Gasteiger partial charge in [0, 0.05) is 37.7 Å². The van der Waals surface area contributed by atoms with Crippen LogP contribution in [0.2, 0.25) is 0 Å². The Hall–Kier alpha value is -0.910. The zero-order chi connectivity index (χ0) is 13.8. The normalized spacial score (nSPS) is 20.3. The van der Waals surface area contributed by atoms with E-state index < -0.39 is 0 Å². The predicted molar refractivity (Wildman–Crippen MR) is 80.0 cm³/mol. The van der Waals surface area contributed by atoms with Gasteiger partial charge in [-0.15, -0.1) is 0 Å². The van der Waals surface area contributed by atoms with E-state index in [1.807, 2.05) is 0 Å². The van der Waals surface area contributed by atoms with Crippen LogP contribution in [0.25, 0.3) is 0 Å². The molecule has 1 atom stereocenters. The Kier molecular flexibility index (Phi) is 4.96. The maximum atomic E-state index is 11.9. The zero-order valence-electron chi connectivity index (χ0n) is 11.4. The quantitative estimate of drug-likeness (QED) is 0.879. The van der Waals surface area contributed by atoms with Crippen LogP contribution < -0.4 is 10.6 Å². The molecular formula is C14H20BrN3O. The number of hydrogen-bond donors (Lipinski definition) is 2. The molecule has 2 N–H and O–H groups in total. The number of carbonyl (C=O) groups excluding carboxylic acids is 1. The molecule has 1 amide bonds. The molecule has 1 aliphatic rings. The van der Waals surface area contributed by atoms with Gasteiger partial charge < -0.3 is 10.6 Å². The number of carbonyl (C=O) groups is 1. The molecule has 1 heterocycles. The third-order valence-electron chi connectivity index (χ3n) is 3.49. The van der Waals surface area contributed by atoms with Crippen molar-refractivity contribution >= 4 is 21.8 Å². The van der Waals surface area contributed by atoms with Gasteiger partial charge in [-0.1, -0.05) is 28.1 Å². The molecular weight excluding hydrogens is 306 g/mol. The molecule has 4 nitrogen and oxygen atoms in total. The Morgan fingerprint density at radius 3 is 3.05 bits per heavy atom. The summed E-state index contributed by atoms with van der Waals surface area (Å²) in [7, 11) is 1.69. The topological polar surface area (TPSA) is 44.4 Å². The Bertz CT molecular complexity index is 464. The minimum Gasteiger partial charge on any atom is -0.358 e. The fourth-order valence-corrected chi connectivity index (χ4v) is 2.98. The average Bonchev–Trinajstić information content (AvgIpc) is 2.41. The number of likely N-dealkylation sites (N-methyl/N-ethyl adjacent to an activating group) is 1. The number of amides is 1. The van der Waals surface area contributed by atoms with Crippen LogP contribution in [0.4, 0.5) is 0 Å². The van der Waals surface area contributed by atoms with E-state index in [1.54, 1.807) is 7.05 Å². The van der Waals surface area contributed by atoms with Gasteiger partial charge in [-0.05, 0) is 24.1 Å². The second kappa shape index (κ2) is 6.50. The van der Waals surface area contributed by atoms with Gasteiger partial charge in [0.1, 0.15) is 6.04 Å². The molecule has 1 aromatic carbocycles. The first-order valence-electron chi connectivity index (χ1n) is 6.53. The number of aryl methyl sites for hydroxylation is 1. The number of nitrogens with one attached hydrogen (secondary N) is 2. The lowest BCUT2D eigenvalue weighted by molar-refractivity contribution is -0.126. The molecule has 0 saturated carbocycles. The van der Waals surface area contributed by atoms with Gasteiger partial charge in [-0.2, -0.15) is 0 Å². The van der Waals surface area contributed by atoms with E-state index in [2.05, 4.69) is 56.6 Å². The second-order valence-electron chi connectivity index (χ2n) is 4.90. The molecule has 1 unspecified atom stereocenters. The molecule has 5 heteroatoms. The highest BCUT2D eigenvalue weighted by molar-refractivity contribution is 9.10. The van der Waals surface area contributed by atoms with Crippen LogP contribution in [0, 0.1) is 6.92 Å². The molecule has 0 aromatic heterocycles. The lowest BCUT2D eigenvalue weighted by Gasteiger charge is -2.35. The molecule has 2 rings (SSSR count). The summed E-state index contributed by atoms with van der Waals surface area (Å²) >= 11 is 3.61. The lowest BCUT2D eigenvalue weighted by Crippen LogP contribution is -2.56. The number of piperazine rings is 1. The van der Waals surface area contributed by atoms with Crippen LogP contribution in [-0.4, -0.2) is 43.5 Å². The van der Waals surface area contributed by atoms with E-state index in [-0.39, 0.29) is 11.9 Å². The Balaban J connectivity index is 2.13. The van der Waals surface area contributed by atoms with Crippen molar-refractivity contribution in [3.8, 4) is 0 Å². The van der Waals surface area contributed by atoms with Crippen molar-refractivity contribution in [2.75, 3.05) is 26.7 Å². The summed E-state index contributed by atoms with van der Waals surface area (Å²) in [6.07, 6.45) is 0. The molecule has 0 radical (unpaired) electrons. The van der Waals surface area contributed by atoms with E-state index in [0.29, 0.717) is 6.54 Å². The third kappa shape index (κ3) is 3.55. The molecule has 0 aliphatic carbocycles. The van der Waals surface area contributed by atoms with Crippen molar-refractivity contribution in [1.82, 2.24) is 15.5 Å². The van der Waals surface area contributed by atoms with Crippen molar-refractivity contribution in [2.45, 2.75) is 19.5 Å².